The van der Waals surface area contributed by atoms with E-state index in [0.29, 0.717) is 6.42 Å². The summed E-state index contributed by atoms with van der Waals surface area (Å²) in [7, 11) is 0. The summed E-state index contributed by atoms with van der Waals surface area (Å²) < 4.78 is 4.60. The molecular weight excluding hydrogens is 206 g/mol. The summed E-state index contributed by atoms with van der Waals surface area (Å²) in [5.41, 5.74) is 5.51. The van der Waals surface area contributed by atoms with Gasteiger partial charge in [0.2, 0.25) is 0 Å². The molecule has 0 spiro atoms. The fourth-order valence-corrected chi connectivity index (χ4v) is 0.894. The van der Waals surface area contributed by atoms with Gasteiger partial charge < -0.3 is 15.6 Å². The Kier molecular flexibility index (Phi) is 21.8. The summed E-state index contributed by atoms with van der Waals surface area (Å²) >= 11 is 0. The van der Waals surface area contributed by atoms with Gasteiger partial charge in [-0.3, -0.25) is 0 Å². The molecule has 4 nitrogen and oxygen atoms in total. The molecule has 0 heterocycles. The van der Waals surface area contributed by atoms with E-state index in [1.807, 2.05) is 34.6 Å². The number of aliphatic hydroxyl groups is 1. The Morgan fingerprint density at radius 1 is 1.25 bits per heavy atom. The monoisotopic (exact) mass is 235 g/mol. The number of nitrogens with two attached hydrogens (primary N) is 1. The average Bonchev–Trinajstić information content (AvgIpc) is 2.34. The minimum atomic E-state index is -1.18. The van der Waals surface area contributed by atoms with E-state index in [2.05, 4.69) is 4.74 Å². The molecular formula is C12H29NO3. The fourth-order valence-electron chi connectivity index (χ4n) is 0.894. The average molecular weight is 235 g/mol. The maximum absolute atomic E-state index is 10.9. The van der Waals surface area contributed by atoms with E-state index in [4.69, 9.17) is 5.73 Å². The van der Waals surface area contributed by atoms with Gasteiger partial charge >= 0.3 is 5.97 Å². The number of rotatable bonds is 5. The standard InChI is InChI=1S/C8H17NO3.2C2H6/c1-3-5-6(9)7(10)8(11)12-4-2;2*1-2/h6-7,10H,3-5,9H2,1-2H3;2*1-2H3. The Labute approximate surface area is 100 Å². The number of carbonyl (C=O) groups is 1. The number of hydrogen-bond acceptors (Lipinski definition) is 4. The maximum atomic E-state index is 10.9. The number of hydrogen-bond donors (Lipinski definition) is 2. The molecule has 0 aliphatic rings. The SMILES string of the molecule is CC.CC.CCCC(N)C(O)C(=O)OCC. The molecule has 0 aromatic heterocycles. The minimum Gasteiger partial charge on any atom is -0.464 e. The summed E-state index contributed by atoms with van der Waals surface area (Å²) in [6.07, 6.45) is 0.294. The first kappa shape index (κ1) is 20.8. The summed E-state index contributed by atoms with van der Waals surface area (Å²) in [5, 5.41) is 9.25. The lowest BCUT2D eigenvalue weighted by molar-refractivity contribution is -0.154. The van der Waals surface area contributed by atoms with Gasteiger partial charge in [-0.15, -0.1) is 0 Å². The molecule has 0 saturated carbocycles. The fraction of sp³-hybridized carbons (Fsp3) is 0.917. The molecule has 0 aliphatic heterocycles. The van der Waals surface area contributed by atoms with E-state index in [1.54, 1.807) is 6.92 Å². The lowest BCUT2D eigenvalue weighted by atomic mass is 10.1. The quantitative estimate of drug-likeness (QED) is 0.716. The zero-order valence-corrected chi connectivity index (χ0v) is 11.6. The van der Waals surface area contributed by atoms with Gasteiger partial charge in [0, 0.05) is 6.04 Å². The smallest absolute Gasteiger partial charge is 0.336 e. The highest BCUT2D eigenvalue weighted by molar-refractivity contribution is 5.75. The largest absolute Gasteiger partial charge is 0.464 e. The van der Waals surface area contributed by atoms with E-state index in [-0.39, 0.29) is 6.61 Å². The number of esters is 1. The Morgan fingerprint density at radius 3 is 2.00 bits per heavy atom. The molecule has 4 heteroatoms. The normalized spacial score (nSPS) is 12.2. The highest BCUT2D eigenvalue weighted by Gasteiger charge is 2.22. The summed E-state index contributed by atoms with van der Waals surface area (Å²) in [5.74, 6) is -0.626. The minimum absolute atomic E-state index is 0.273. The van der Waals surface area contributed by atoms with Gasteiger partial charge in [-0.25, -0.2) is 4.79 Å². The van der Waals surface area contributed by atoms with Crippen LogP contribution in [-0.2, 0) is 9.53 Å². The third-order valence-corrected chi connectivity index (χ3v) is 1.56. The van der Waals surface area contributed by atoms with Gasteiger partial charge in [0.25, 0.3) is 0 Å². The molecule has 0 bridgehead atoms. The van der Waals surface area contributed by atoms with Crippen molar-refractivity contribution in [1.82, 2.24) is 0 Å². The van der Waals surface area contributed by atoms with Crippen LogP contribution in [0.25, 0.3) is 0 Å². The molecule has 0 aromatic rings. The van der Waals surface area contributed by atoms with Crippen LogP contribution < -0.4 is 5.73 Å². The van der Waals surface area contributed by atoms with Crippen LogP contribution in [0.4, 0.5) is 0 Å². The van der Waals surface area contributed by atoms with Gasteiger partial charge in [0.1, 0.15) is 0 Å². The molecule has 0 amide bonds. The predicted molar refractivity (Wildman–Crippen MR) is 68.2 cm³/mol. The van der Waals surface area contributed by atoms with Crippen molar-refractivity contribution in [3.05, 3.63) is 0 Å². The van der Waals surface area contributed by atoms with Crippen molar-refractivity contribution < 1.29 is 14.6 Å². The Hall–Kier alpha value is -0.610. The highest BCUT2D eigenvalue weighted by Crippen LogP contribution is 2.01. The lowest BCUT2D eigenvalue weighted by Gasteiger charge is -2.15. The van der Waals surface area contributed by atoms with Crippen LogP contribution in [0, 0.1) is 0 Å². The van der Waals surface area contributed by atoms with Crippen molar-refractivity contribution in [2.75, 3.05) is 6.61 Å². The van der Waals surface area contributed by atoms with Crippen LogP contribution in [0.15, 0.2) is 0 Å². The molecule has 16 heavy (non-hydrogen) atoms. The van der Waals surface area contributed by atoms with Gasteiger partial charge in [0.05, 0.1) is 6.61 Å². The lowest BCUT2D eigenvalue weighted by Crippen LogP contribution is -2.41. The van der Waals surface area contributed by atoms with E-state index in [1.165, 1.54) is 0 Å². The molecule has 2 unspecified atom stereocenters. The Balaban J connectivity index is -0.000000376. The molecule has 2 atom stereocenters. The third kappa shape index (κ3) is 11.5. The second kappa shape index (κ2) is 16.8. The first-order valence-electron chi connectivity index (χ1n) is 6.23. The van der Waals surface area contributed by atoms with Gasteiger partial charge in [-0.05, 0) is 13.3 Å². The molecule has 0 aliphatic carbocycles. The predicted octanol–water partition coefficient (Wildman–Crippen LogP) is 2.09. The Bertz CT molecular complexity index is 140. The van der Waals surface area contributed by atoms with Crippen LogP contribution >= 0.6 is 0 Å². The first-order valence-corrected chi connectivity index (χ1v) is 6.23. The number of ether oxygens (including phenoxy) is 1. The third-order valence-electron chi connectivity index (χ3n) is 1.56. The zero-order chi connectivity index (χ0) is 13.6. The van der Waals surface area contributed by atoms with Crippen molar-refractivity contribution in [2.45, 2.75) is 66.5 Å². The zero-order valence-electron chi connectivity index (χ0n) is 11.6. The van der Waals surface area contributed by atoms with Gasteiger partial charge in [0.15, 0.2) is 6.10 Å². The molecule has 100 valence electrons. The molecule has 0 radical (unpaired) electrons. The summed E-state index contributed by atoms with van der Waals surface area (Å²) in [4.78, 5) is 10.9. The molecule has 0 aromatic carbocycles. The van der Waals surface area contributed by atoms with E-state index < -0.39 is 18.1 Å². The highest BCUT2D eigenvalue weighted by atomic mass is 16.5. The number of carbonyl (C=O) groups excluding carboxylic acids is 1. The summed E-state index contributed by atoms with van der Waals surface area (Å²) in [6, 6.07) is -0.506. The van der Waals surface area contributed by atoms with Crippen molar-refractivity contribution >= 4 is 5.97 Å². The van der Waals surface area contributed by atoms with Crippen LogP contribution in [0.2, 0.25) is 0 Å². The Morgan fingerprint density at radius 2 is 1.69 bits per heavy atom. The first-order chi connectivity index (χ1) is 7.63. The van der Waals surface area contributed by atoms with Crippen LogP contribution in [-0.4, -0.2) is 29.8 Å². The molecule has 3 N–H and O–H groups in total. The topological polar surface area (TPSA) is 72.5 Å². The van der Waals surface area contributed by atoms with E-state index >= 15 is 0 Å². The number of aliphatic hydroxyl groups excluding tert-OH is 1. The van der Waals surface area contributed by atoms with E-state index in [9.17, 15) is 9.90 Å². The van der Waals surface area contributed by atoms with Crippen molar-refractivity contribution in [1.29, 1.82) is 0 Å². The molecule has 0 rings (SSSR count). The van der Waals surface area contributed by atoms with Crippen molar-refractivity contribution in [3.8, 4) is 0 Å². The van der Waals surface area contributed by atoms with Crippen molar-refractivity contribution in [2.24, 2.45) is 5.73 Å². The maximum Gasteiger partial charge on any atom is 0.336 e. The molecule has 0 fully saturated rings. The van der Waals surface area contributed by atoms with Crippen molar-refractivity contribution in [3.63, 3.8) is 0 Å². The molecule has 0 saturated heterocycles. The van der Waals surface area contributed by atoms with Crippen LogP contribution in [0.5, 0.6) is 0 Å². The van der Waals surface area contributed by atoms with Gasteiger partial charge in [-0.1, -0.05) is 41.0 Å². The van der Waals surface area contributed by atoms with E-state index in [0.717, 1.165) is 6.42 Å². The summed E-state index contributed by atoms with van der Waals surface area (Å²) in [6.45, 7) is 11.9. The van der Waals surface area contributed by atoms with Crippen LogP contribution in [0.3, 0.4) is 0 Å². The van der Waals surface area contributed by atoms with Crippen LogP contribution in [0.1, 0.15) is 54.4 Å². The second-order valence-corrected chi connectivity index (χ2v) is 2.65. The van der Waals surface area contributed by atoms with Gasteiger partial charge in [-0.2, -0.15) is 0 Å². The second-order valence-electron chi connectivity index (χ2n) is 2.65.